The van der Waals surface area contributed by atoms with E-state index in [2.05, 4.69) is 5.32 Å². The number of carbonyl (C=O) groups is 3. The zero-order valence-corrected chi connectivity index (χ0v) is 23.5. The minimum Gasteiger partial charge on any atom is -0.497 e. The molecule has 4 aromatic rings. The Labute approximate surface area is 240 Å². The van der Waals surface area contributed by atoms with Crippen LogP contribution in [0.4, 0.5) is 11.4 Å². The summed E-state index contributed by atoms with van der Waals surface area (Å²) in [6.45, 7) is -0.223. The third kappa shape index (κ3) is 4.59. The van der Waals surface area contributed by atoms with Gasteiger partial charge in [-0.2, -0.15) is 0 Å². The van der Waals surface area contributed by atoms with Crippen LogP contribution in [-0.2, 0) is 20.9 Å². The van der Waals surface area contributed by atoms with E-state index >= 15 is 0 Å². The molecular weight excluding hydrogens is 578 g/mol. The van der Waals surface area contributed by atoms with Gasteiger partial charge in [-0.25, -0.2) is 4.90 Å². The van der Waals surface area contributed by atoms with Crippen molar-refractivity contribution in [2.45, 2.75) is 22.7 Å². The molecule has 2 aliphatic heterocycles. The number of anilines is 2. The second-order valence-electron chi connectivity index (χ2n) is 8.95. The molecule has 3 atom stereocenters. The van der Waals surface area contributed by atoms with Gasteiger partial charge >= 0.3 is 4.87 Å². The van der Waals surface area contributed by atoms with E-state index in [0.29, 0.717) is 32.1 Å². The highest BCUT2D eigenvalue weighted by Crippen LogP contribution is 2.54. The molecule has 198 valence electrons. The Bertz CT molecular complexity index is 1630. The van der Waals surface area contributed by atoms with Crippen molar-refractivity contribution in [3.63, 3.8) is 0 Å². The first-order chi connectivity index (χ1) is 18.9. The van der Waals surface area contributed by atoms with E-state index in [1.807, 2.05) is 17.5 Å². The van der Waals surface area contributed by atoms with Crippen molar-refractivity contribution in [3.8, 4) is 5.75 Å². The van der Waals surface area contributed by atoms with Crippen LogP contribution in [0.5, 0.6) is 5.75 Å². The lowest BCUT2D eigenvalue weighted by molar-refractivity contribution is -0.122. The number of amides is 3. The molecule has 0 radical (unpaired) electrons. The number of hydrogen-bond acceptors (Lipinski definition) is 8. The third-order valence-corrected chi connectivity index (χ3v) is 10.5. The van der Waals surface area contributed by atoms with Crippen molar-refractivity contribution in [3.05, 3.63) is 90.5 Å². The fourth-order valence-electron chi connectivity index (χ4n) is 4.89. The molecule has 0 spiro atoms. The molecule has 2 aliphatic rings. The molecule has 0 saturated carbocycles. The van der Waals surface area contributed by atoms with Gasteiger partial charge in [0, 0.05) is 26.4 Å². The van der Waals surface area contributed by atoms with Gasteiger partial charge in [-0.3, -0.25) is 23.7 Å². The number of hydrogen-bond donors (Lipinski definition) is 1. The monoisotopic (exact) mass is 597 g/mol. The first-order valence-corrected chi connectivity index (χ1v) is 14.8. The SMILES string of the molecule is COc1ccc(N2C(=O)C3Sc4c(sc(=O)n4CC(=O)Nc4ccc(Cl)cc4)[C@H](c4cccs4)C3C2=O)cc1. The summed E-state index contributed by atoms with van der Waals surface area (Å²) in [6.07, 6.45) is 0. The number of thiophene rings is 1. The van der Waals surface area contributed by atoms with Gasteiger partial charge in [0.25, 0.3) is 0 Å². The van der Waals surface area contributed by atoms with Crippen LogP contribution in [0.25, 0.3) is 0 Å². The average molecular weight is 598 g/mol. The van der Waals surface area contributed by atoms with Crippen molar-refractivity contribution >= 4 is 75.1 Å². The molecule has 1 saturated heterocycles. The van der Waals surface area contributed by atoms with E-state index in [1.165, 1.54) is 32.6 Å². The quantitative estimate of drug-likeness (QED) is 0.312. The predicted molar refractivity (Wildman–Crippen MR) is 153 cm³/mol. The molecule has 8 nitrogen and oxygen atoms in total. The van der Waals surface area contributed by atoms with Gasteiger partial charge in [-0.1, -0.05) is 40.8 Å². The minimum absolute atomic E-state index is 0.223. The van der Waals surface area contributed by atoms with E-state index in [-0.39, 0.29) is 29.1 Å². The highest BCUT2D eigenvalue weighted by atomic mass is 35.5. The van der Waals surface area contributed by atoms with Gasteiger partial charge in [0.05, 0.1) is 23.7 Å². The summed E-state index contributed by atoms with van der Waals surface area (Å²) in [5.41, 5.74) is 1.02. The van der Waals surface area contributed by atoms with E-state index in [1.54, 1.807) is 55.6 Å². The molecule has 3 amide bonds. The summed E-state index contributed by atoms with van der Waals surface area (Å²) in [4.78, 5) is 56.1. The summed E-state index contributed by atoms with van der Waals surface area (Å²) in [5.74, 6) is -1.56. The largest absolute Gasteiger partial charge is 0.497 e. The van der Waals surface area contributed by atoms with Crippen LogP contribution in [0.3, 0.4) is 0 Å². The van der Waals surface area contributed by atoms with Crippen LogP contribution in [0, 0.1) is 5.92 Å². The van der Waals surface area contributed by atoms with Crippen molar-refractivity contribution in [2.24, 2.45) is 5.92 Å². The summed E-state index contributed by atoms with van der Waals surface area (Å²) < 4.78 is 6.62. The molecule has 2 unspecified atom stereocenters. The van der Waals surface area contributed by atoms with E-state index < -0.39 is 17.1 Å². The molecule has 2 aromatic carbocycles. The number of ether oxygens (including phenoxy) is 1. The Balaban J connectivity index is 1.36. The Morgan fingerprint density at radius 1 is 1.03 bits per heavy atom. The number of rotatable bonds is 6. The standard InChI is InChI=1S/C27H20ClN3O5S3/c1-36-17-10-8-16(9-11-17)31-24(33)21-20(18-3-2-12-37-18)23-26(38-22(21)25(31)34)30(27(35)39-23)13-19(32)29-15-6-4-14(28)5-7-15/h2-12,20-22H,13H2,1H3,(H,29,32)/t20-,21?,22?/m1/s1. The third-order valence-electron chi connectivity index (χ3n) is 6.66. The lowest BCUT2D eigenvalue weighted by atomic mass is 9.87. The fourth-order valence-corrected chi connectivity index (χ4v) is 8.74. The van der Waals surface area contributed by atoms with Crippen LogP contribution < -0.4 is 19.8 Å². The molecule has 39 heavy (non-hydrogen) atoms. The molecule has 4 heterocycles. The number of nitrogens with zero attached hydrogens (tertiary/aromatic N) is 2. The van der Waals surface area contributed by atoms with Gasteiger partial charge in [-0.05, 0) is 60.0 Å². The number of aromatic nitrogens is 1. The van der Waals surface area contributed by atoms with Crippen molar-refractivity contribution in [2.75, 3.05) is 17.3 Å². The topological polar surface area (TPSA) is 97.7 Å². The number of halogens is 1. The van der Waals surface area contributed by atoms with Crippen molar-refractivity contribution in [1.29, 1.82) is 0 Å². The first kappa shape index (κ1) is 25.9. The zero-order chi connectivity index (χ0) is 27.3. The van der Waals surface area contributed by atoms with Crippen molar-refractivity contribution < 1.29 is 19.1 Å². The fraction of sp³-hybridized carbons (Fsp3) is 0.185. The summed E-state index contributed by atoms with van der Waals surface area (Å²) in [5, 5.41) is 5.05. The van der Waals surface area contributed by atoms with Crippen LogP contribution >= 0.6 is 46.0 Å². The molecule has 12 heteroatoms. The maximum atomic E-state index is 13.8. The Hall–Kier alpha value is -3.38. The van der Waals surface area contributed by atoms with Gasteiger partial charge < -0.3 is 10.1 Å². The maximum absolute atomic E-state index is 13.8. The van der Waals surface area contributed by atoms with Crippen molar-refractivity contribution in [1.82, 2.24) is 4.57 Å². The highest BCUT2D eigenvalue weighted by Gasteiger charge is 2.57. The predicted octanol–water partition coefficient (Wildman–Crippen LogP) is 5.07. The number of imide groups is 1. The summed E-state index contributed by atoms with van der Waals surface area (Å²) in [6, 6.07) is 17.3. The number of thioether (sulfide) groups is 1. The molecular formula is C27H20ClN3O5S3. The Kier molecular flexibility index (Phi) is 6.84. The highest BCUT2D eigenvalue weighted by molar-refractivity contribution is 8.00. The molecule has 1 fully saturated rings. The van der Waals surface area contributed by atoms with E-state index in [9.17, 15) is 19.2 Å². The second kappa shape index (κ2) is 10.3. The lowest BCUT2D eigenvalue weighted by Gasteiger charge is -2.29. The van der Waals surface area contributed by atoms with Crippen LogP contribution in [0.15, 0.2) is 75.9 Å². The van der Waals surface area contributed by atoms with E-state index in [4.69, 9.17) is 16.3 Å². The number of benzene rings is 2. The normalized spacial score (nSPS) is 20.1. The van der Waals surface area contributed by atoms with E-state index in [0.717, 1.165) is 16.2 Å². The Morgan fingerprint density at radius 2 is 1.77 bits per heavy atom. The minimum atomic E-state index is -0.737. The number of methoxy groups -OCH3 is 1. The van der Waals surface area contributed by atoms with Gasteiger partial charge in [0.1, 0.15) is 17.5 Å². The molecule has 2 aromatic heterocycles. The van der Waals surface area contributed by atoms with Gasteiger partial charge in [0.2, 0.25) is 17.7 Å². The molecule has 0 aliphatic carbocycles. The maximum Gasteiger partial charge on any atom is 0.308 e. The molecule has 6 rings (SSSR count). The Morgan fingerprint density at radius 3 is 2.44 bits per heavy atom. The average Bonchev–Trinajstić information content (AvgIpc) is 3.63. The zero-order valence-electron chi connectivity index (χ0n) is 20.3. The number of nitrogens with one attached hydrogen (secondary N) is 1. The van der Waals surface area contributed by atoms with Crippen LogP contribution in [0.2, 0.25) is 5.02 Å². The van der Waals surface area contributed by atoms with Gasteiger partial charge in [0.15, 0.2) is 0 Å². The summed E-state index contributed by atoms with van der Waals surface area (Å²) in [7, 11) is 1.55. The number of carbonyl (C=O) groups excluding carboxylic acids is 3. The van der Waals surface area contributed by atoms with Gasteiger partial charge in [-0.15, -0.1) is 11.3 Å². The first-order valence-electron chi connectivity index (χ1n) is 11.9. The molecule has 0 bridgehead atoms. The number of thiazole rings is 1. The smallest absolute Gasteiger partial charge is 0.308 e. The van der Waals surface area contributed by atoms with Crippen LogP contribution in [-0.4, -0.2) is 34.6 Å². The lowest BCUT2D eigenvalue weighted by Crippen LogP contribution is -2.32. The second-order valence-corrected chi connectivity index (χ2v) is 12.5. The van der Waals surface area contributed by atoms with Crippen LogP contribution in [0.1, 0.15) is 15.7 Å². The number of fused-ring (bicyclic) bond motifs is 2. The molecule has 1 N–H and O–H groups in total. The summed E-state index contributed by atoms with van der Waals surface area (Å²) >= 11 is 9.62.